The molecule has 0 saturated carbocycles. The van der Waals surface area contributed by atoms with Crippen LogP contribution in [0.25, 0.3) is 5.69 Å². The molecule has 1 aromatic carbocycles. The number of nitrogens with one attached hydrogen (secondary N) is 1. The molecular formula is C16H20N4O6. The van der Waals surface area contributed by atoms with E-state index in [0.29, 0.717) is 23.0 Å². The second-order valence-corrected chi connectivity index (χ2v) is 5.82. The third-order valence-corrected chi connectivity index (χ3v) is 3.68. The molecule has 1 aliphatic heterocycles. The second kappa shape index (κ2) is 7.58. The fourth-order valence-electron chi connectivity index (χ4n) is 2.52. The van der Waals surface area contributed by atoms with Crippen LogP contribution in [0.4, 0.5) is 0 Å². The van der Waals surface area contributed by atoms with Crippen LogP contribution in [0, 0.1) is 0 Å². The molecule has 1 aliphatic rings. The Labute approximate surface area is 148 Å². The van der Waals surface area contributed by atoms with Crippen molar-refractivity contribution in [1.29, 1.82) is 0 Å². The molecule has 2 heterocycles. The molecule has 2 aromatic rings. The van der Waals surface area contributed by atoms with Gasteiger partial charge in [0.05, 0.1) is 11.8 Å². The van der Waals surface area contributed by atoms with Crippen LogP contribution in [0.2, 0.25) is 0 Å². The summed E-state index contributed by atoms with van der Waals surface area (Å²) in [6, 6.07) is 5.07. The highest BCUT2D eigenvalue weighted by Crippen LogP contribution is 2.33. The summed E-state index contributed by atoms with van der Waals surface area (Å²) >= 11 is 0. The van der Waals surface area contributed by atoms with E-state index >= 15 is 0 Å². The molecule has 26 heavy (non-hydrogen) atoms. The Morgan fingerprint density at radius 1 is 1.42 bits per heavy atom. The first-order chi connectivity index (χ1) is 12.5. The van der Waals surface area contributed by atoms with Gasteiger partial charge in [-0.05, 0) is 19.1 Å². The van der Waals surface area contributed by atoms with Crippen molar-refractivity contribution < 1.29 is 24.1 Å². The molecule has 10 nitrogen and oxygen atoms in total. The molecule has 0 spiro atoms. The first kappa shape index (κ1) is 18.0. The predicted octanol–water partition coefficient (Wildman–Crippen LogP) is -0.594. The molecule has 2 N–H and O–H groups in total. The van der Waals surface area contributed by atoms with Gasteiger partial charge in [-0.1, -0.05) is 0 Å². The summed E-state index contributed by atoms with van der Waals surface area (Å²) in [6.45, 7) is 1.60. The van der Waals surface area contributed by atoms with Gasteiger partial charge in [0.15, 0.2) is 17.3 Å². The second-order valence-electron chi connectivity index (χ2n) is 5.82. The van der Waals surface area contributed by atoms with E-state index in [1.54, 1.807) is 25.1 Å². The number of rotatable bonds is 7. The van der Waals surface area contributed by atoms with Gasteiger partial charge < -0.3 is 24.6 Å². The normalized spacial score (nSPS) is 13.7. The number of hydrogen-bond donors (Lipinski definition) is 2. The number of aromatic nitrogens is 3. The maximum Gasteiger partial charge on any atom is 0.351 e. The number of nitrogens with zero attached hydrogens (tertiary/aromatic N) is 3. The van der Waals surface area contributed by atoms with Crippen molar-refractivity contribution in [2.75, 3.05) is 20.4 Å². The Hall–Kier alpha value is -2.85. The van der Waals surface area contributed by atoms with Crippen molar-refractivity contribution in [3.8, 4) is 17.2 Å². The van der Waals surface area contributed by atoms with Gasteiger partial charge in [-0.2, -0.15) is 5.10 Å². The van der Waals surface area contributed by atoms with E-state index in [1.807, 2.05) is 0 Å². The van der Waals surface area contributed by atoms with Gasteiger partial charge in [0.1, 0.15) is 13.2 Å². The highest BCUT2D eigenvalue weighted by molar-refractivity contribution is 5.75. The van der Waals surface area contributed by atoms with Crippen molar-refractivity contribution in [1.82, 2.24) is 19.7 Å². The smallest absolute Gasteiger partial charge is 0.351 e. The lowest BCUT2D eigenvalue weighted by atomic mass is 10.2. The third kappa shape index (κ3) is 3.70. The maximum atomic E-state index is 12.7. The highest BCUT2D eigenvalue weighted by Gasteiger charge is 2.20. The summed E-state index contributed by atoms with van der Waals surface area (Å²) in [7, 11) is 1.49. The van der Waals surface area contributed by atoms with Crippen molar-refractivity contribution in [2.45, 2.75) is 26.2 Å². The van der Waals surface area contributed by atoms with E-state index in [9.17, 15) is 14.7 Å². The number of aliphatic hydroxyl groups excluding tert-OH is 1. The van der Waals surface area contributed by atoms with Gasteiger partial charge in [0.2, 0.25) is 12.7 Å². The van der Waals surface area contributed by atoms with Crippen LogP contribution < -0.4 is 20.5 Å². The Kier molecular flexibility index (Phi) is 5.24. The van der Waals surface area contributed by atoms with Crippen LogP contribution in [0.3, 0.4) is 0 Å². The minimum Gasteiger partial charge on any atom is -0.454 e. The number of ether oxygens (including phenoxy) is 3. The fourth-order valence-corrected chi connectivity index (χ4v) is 2.52. The zero-order chi connectivity index (χ0) is 18.7. The van der Waals surface area contributed by atoms with E-state index in [-0.39, 0.29) is 26.5 Å². The van der Waals surface area contributed by atoms with Crippen LogP contribution in [0.1, 0.15) is 12.7 Å². The van der Waals surface area contributed by atoms with E-state index in [1.165, 1.54) is 11.7 Å². The highest BCUT2D eigenvalue weighted by atomic mass is 16.7. The Balaban J connectivity index is 1.91. The number of carbonyl (C=O) groups is 1. The average molecular weight is 364 g/mol. The average Bonchev–Trinajstić information content (AvgIpc) is 3.18. The van der Waals surface area contributed by atoms with E-state index in [4.69, 9.17) is 14.2 Å². The van der Waals surface area contributed by atoms with Gasteiger partial charge in [-0.25, -0.2) is 14.0 Å². The summed E-state index contributed by atoms with van der Waals surface area (Å²) in [5.41, 5.74) is 0.0463. The molecular weight excluding hydrogens is 344 g/mol. The van der Waals surface area contributed by atoms with E-state index in [2.05, 4.69) is 10.4 Å². The van der Waals surface area contributed by atoms with Gasteiger partial charge in [-0.15, -0.1) is 0 Å². The molecule has 0 saturated heterocycles. The minimum atomic E-state index is -0.675. The van der Waals surface area contributed by atoms with E-state index < -0.39 is 17.7 Å². The number of aliphatic hydroxyl groups is 1. The van der Waals surface area contributed by atoms with Crippen LogP contribution in [-0.2, 0) is 22.7 Å². The quantitative estimate of drug-likeness (QED) is 0.674. The maximum absolute atomic E-state index is 12.7. The van der Waals surface area contributed by atoms with Crippen molar-refractivity contribution in [2.24, 2.45) is 0 Å². The molecule has 1 amide bonds. The van der Waals surface area contributed by atoms with Crippen LogP contribution in [0.5, 0.6) is 11.5 Å². The molecule has 0 radical (unpaired) electrons. The van der Waals surface area contributed by atoms with Gasteiger partial charge in [0.25, 0.3) is 0 Å². The molecule has 3 rings (SSSR count). The largest absolute Gasteiger partial charge is 0.454 e. The number of methoxy groups -OCH3 is 1. The summed E-state index contributed by atoms with van der Waals surface area (Å²) < 4.78 is 18.1. The van der Waals surface area contributed by atoms with Gasteiger partial charge >= 0.3 is 5.69 Å². The minimum absolute atomic E-state index is 0.0893. The molecule has 0 fully saturated rings. The van der Waals surface area contributed by atoms with Gasteiger partial charge in [0, 0.05) is 19.7 Å². The number of fused-ring (bicyclic) bond motifs is 1. The van der Waals surface area contributed by atoms with Crippen molar-refractivity contribution in [3.63, 3.8) is 0 Å². The van der Waals surface area contributed by atoms with Crippen LogP contribution >= 0.6 is 0 Å². The zero-order valence-corrected chi connectivity index (χ0v) is 14.5. The van der Waals surface area contributed by atoms with Crippen molar-refractivity contribution >= 4 is 5.91 Å². The Morgan fingerprint density at radius 2 is 2.19 bits per heavy atom. The van der Waals surface area contributed by atoms with Crippen LogP contribution in [0.15, 0.2) is 23.0 Å². The van der Waals surface area contributed by atoms with E-state index in [0.717, 1.165) is 4.68 Å². The number of amides is 1. The number of carbonyl (C=O) groups excluding carboxylic acids is 1. The lowest BCUT2D eigenvalue weighted by molar-refractivity contribution is -0.122. The van der Waals surface area contributed by atoms with Crippen LogP contribution in [-0.4, -0.2) is 51.9 Å². The summed E-state index contributed by atoms with van der Waals surface area (Å²) in [5, 5.41) is 15.9. The first-order valence-electron chi connectivity index (χ1n) is 8.02. The summed E-state index contributed by atoms with van der Waals surface area (Å²) in [5.74, 6) is 1.05. The van der Waals surface area contributed by atoms with Crippen molar-refractivity contribution in [3.05, 3.63) is 34.5 Å². The SMILES string of the molecule is COCc1nn(CC(=O)NC[C@H](C)O)c(=O)n1-c1ccc2c(c1)OCO2. The molecule has 0 unspecified atom stereocenters. The summed E-state index contributed by atoms with van der Waals surface area (Å²) in [4.78, 5) is 24.7. The molecule has 140 valence electrons. The lowest BCUT2D eigenvalue weighted by Crippen LogP contribution is -2.36. The number of benzene rings is 1. The lowest BCUT2D eigenvalue weighted by Gasteiger charge is -2.06. The third-order valence-electron chi connectivity index (χ3n) is 3.68. The molecule has 10 heteroatoms. The molecule has 1 aromatic heterocycles. The first-order valence-corrected chi connectivity index (χ1v) is 8.02. The monoisotopic (exact) mass is 364 g/mol. The zero-order valence-electron chi connectivity index (χ0n) is 14.5. The predicted molar refractivity (Wildman–Crippen MR) is 89.4 cm³/mol. The Bertz CT molecular complexity index is 857. The molecule has 0 bridgehead atoms. The summed E-state index contributed by atoms with van der Waals surface area (Å²) in [6.07, 6.45) is -0.675. The van der Waals surface area contributed by atoms with Gasteiger partial charge in [-0.3, -0.25) is 4.79 Å². The molecule has 1 atom stereocenters. The number of hydrogen-bond acceptors (Lipinski definition) is 7. The molecule has 0 aliphatic carbocycles. The topological polar surface area (TPSA) is 117 Å². The fraction of sp³-hybridized carbons (Fsp3) is 0.438. The Morgan fingerprint density at radius 3 is 2.92 bits per heavy atom. The standard InChI is InChI=1S/C16H20N4O6/c1-10(21)6-17-15(22)7-19-16(23)20(14(18-19)8-24-2)11-3-4-12-13(5-11)26-9-25-12/h3-5,10,21H,6-9H2,1-2H3,(H,17,22)/t10-/m0/s1.